The second-order valence-electron chi connectivity index (χ2n) is 6.42. The molecule has 26 heavy (non-hydrogen) atoms. The smallest absolute Gasteiger partial charge is 0.250 e. The van der Waals surface area contributed by atoms with Crippen molar-refractivity contribution < 1.29 is 8.42 Å². The summed E-state index contributed by atoms with van der Waals surface area (Å²) in [5.41, 5.74) is 1.62. The van der Waals surface area contributed by atoms with Crippen molar-refractivity contribution in [1.29, 1.82) is 0 Å². The van der Waals surface area contributed by atoms with Crippen LogP contribution < -0.4 is 4.72 Å². The fourth-order valence-electron chi connectivity index (χ4n) is 3.50. The average molecular weight is 411 g/mol. The van der Waals surface area contributed by atoms with Crippen molar-refractivity contribution >= 4 is 44.1 Å². The van der Waals surface area contributed by atoms with Gasteiger partial charge in [-0.1, -0.05) is 30.9 Å². The number of rotatable bonds is 5. The lowest BCUT2D eigenvalue weighted by atomic mass is 9.95. The zero-order valence-electron chi connectivity index (χ0n) is 14.1. The Bertz CT molecular complexity index is 1020. The van der Waals surface area contributed by atoms with Gasteiger partial charge in [-0.25, -0.2) is 23.1 Å². The van der Waals surface area contributed by atoms with Crippen molar-refractivity contribution in [2.75, 3.05) is 0 Å². The molecule has 1 aliphatic rings. The predicted octanol–water partition coefficient (Wildman–Crippen LogP) is 4.13. The van der Waals surface area contributed by atoms with Gasteiger partial charge in [-0.2, -0.15) is 0 Å². The van der Waals surface area contributed by atoms with Gasteiger partial charge in [0.2, 0.25) is 0 Å². The molecule has 3 heterocycles. The summed E-state index contributed by atoms with van der Waals surface area (Å²) < 4.78 is 30.5. The van der Waals surface area contributed by atoms with E-state index < -0.39 is 10.0 Å². The molecule has 0 atom stereocenters. The number of sulfonamides is 1. The Morgan fingerprint density at radius 3 is 2.77 bits per heavy atom. The monoisotopic (exact) mass is 410 g/mol. The van der Waals surface area contributed by atoms with E-state index in [0.717, 1.165) is 35.3 Å². The molecule has 1 fully saturated rings. The number of hydrogen-bond acceptors (Lipinski definition) is 5. The lowest BCUT2D eigenvalue weighted by molar-refractivity contribution is 0.350. The number of nitrogens with one attached hydrogen (secondary N) is 1. The molecule has 0 aromatic carbocycles. The number of hydrogen-bond donors (Lipinski definition) is 1. The number of imidazole rings is 1. The minimum atomic E-state index is -3.61. The maximum absolute atomic E-state index is 12.5. The van der Waals surface area contributed by atoms with E-state index in [9.17, 15) is 8.42 Å². The number of aromatic nitrogens is 3. The van der Waals surface area contributed by atoms with Crippen LogP contribution in [0.1, 0.15) is 44.0 Å². The van der Waals surface area contributed by atoms with Crippen LogP contribution in [0, 0.1) is 0 Å². The molecule has 0 radical (unpaired) electrons. The predicted molar refractivity (Wildman–Crippen MR) is 103 cm³/mol. The Kier molecular flexibility index (Phi) is 5.00. The van der Waals surface area contributed by atoms with Gasteiger partial charge in [0.25, 0.3) is 10.0 Å². The molecular formula is C17H19ClN4O2S2. The van der Waals surface area contributed by atoms with Crippen LogP contribution >= 0.6 is 22.9 Å². The molecular weight excluding hydrogens is 392 g/mol. The van der Waals surface area contributed by atoms with Gasteiger partial charge in [0, 0.05) is 12.2 Å². The third-order valence-electron chi connectivity index (χ3n) is 4.70. The molecule has 0 aliphatic heterocycles. The first kappa shape index (κ1) is 17.9. The molecule has 3 aromatic heterocycles. The summed E-state index contributed by atoms with van der Waals surface area (Å²) in [5.74, 6) is 0.705. The van der Waals surface area contributed by atoms with Gasteiger partial charge >= 0.3 is 0 Å². The van der Waals surface area contributed by atoms with Gasteiger partial charge in [0.05, 0.1) is 10.9 Å². The molecule has 4 rings (SSSR count). The molecule has 6 nitrogen and oxygen atoms in total. The highest BCUT2D eigenvalue weighted by Crippen LogP contribution is 2.32. The van der Waals surface area contributed by atoms with Gasteiger partial charge in [-0.15, -0.1) is 11.3 Å². The molecule has 0 amide bonds. The molecule has 9 heteroatoms. The standard InChI is InChI=1S/C17H19ClN4O2S2/c18-14-8-9-16(25-14)26(23,24)20-11-15-21-13-7-4-10-19-17(13)22(15)12-5-2-1-3-6-12/h4,7-10,12,20H,1-3,5-6,11H2. The van der Waals surface area contributed by atoms with Crippen LogP contribution in [0.2, 0.25) is 4.34 Å². The Morgan fingerprint density at radius 2 is 2.04 bits per heavy atom. The summed E-state index contributed by atoms with van der Waals surface area (Å²) in [6, 6.07) is 7.18. The van der Waals surface area contributed by atoms with E-state index in [1.54, 1.807) is 12.3 Å². The normalized spacial score (nSPS) is 16.3. The highest BCUT2D eigenvalue weighted by molar-refractivity contribution is 7.91. The quantitative estimate of drug-likeness (QED) is 0.686. The van der Waals surface area contributed by atoms with Crippen LogP contribution in [-0.2, 0) is 16.6 Å². The minimum absolute atomic E-state index is 0.130. The first-order chi connectivity index (χ1) is 12.5. The lowest BCUT2D eigenvalue weighted by Crippen LogP contribution is -2.26. The molecule has 1 saturated carbocycles. The Balaban J connectivity index is 1.65. The van der Waals surface area contributed by atoms with Gasteiger partial charge in [-0.05, 0) is 37.1 Å². The highest BCUT2D eigenvalue weighted by Gasteiger charge is 2.24. The topological polar surface area (TPSA) is 76.9 Å². The molecule has 0 bridgehead atoms. The highest BCUT2D eigenvalue weighted by atomic mass is 35.5. The summed E-state index contributed by atoms with van der Waals surface area (Å²) in [6.07, 6.45) is 7.50. The van der Waals surface area contributed by atoms with Crippen LogP contribution in [0.4, 0.5) is 0 Å². The Labute approximate surface area is 161 Å². The fourth-order valence-corrected chi connectivity index (χ4v) is 6.00. The summed E-state index contributed by atoms with van der Waals surface area (Å²) in [4.78, 5) is 9.13. The molecule has 3 aromatic rings. The van der Waals surface area contributed by atoms with E-state index in [2.05, 4.69) is 19.3 Å². The first-order valence-electron chi connectivity index (χ1n) is 8.61. The number of halogens is 1. The molecule has 0 unspecified atom stereocenters. The van der Waals surface area contributed by atoms with Gasteiger partial charge in [0.15, 0.2) is 5.65 Å². The number of pyridine rings is 1. The zero-order chi connectivity index (χ0) is 18.1. The zero-order valence-corrected chi connectivity index (χ0v) is 16.4. The van der Waals surface area contributed by atoms with Crippen LogP contribution in [0.15, 0.2) is 34.7 Å². The SMILES string of the molecule is O=S(=O)(NCc1nc2cccnc2n1C1CCCCC1)c1ccc(Cl)s1. The largest absolute Gasteiger partial charge is 0.308 e. The Hall–Kier alpha value is -1.48. The lowest BCUT2D eigenvalue weighted by Gasteiger charge is -2.25. The van der Waals surface area contributed by atoms with Crippen LogP contribution in [0.5, 0.6) is 0 Å². The van der Waals surface area contributed by atoms with Crippen molar-refractivity contribution in [2.45, 2.75) is 48.9 Å². The number of thiophene rings is 1. The van der Waals surface area contributed by atoms with Gasteiger partial charge in [0.1, 0.15) is 15.6 Å². The van der Waals surface area contributed by atoms with E-state index in [1.807, 2.05) is 12.1 Å². The second kappa shape index (κ2) is 7.26. The van der Waals surface area contributed by atoms with Crippen LogP contribution in [-0.4, -0.2) is 23.0 Å². The van der Waals surface area contributed by atoms with E-state index in [1.165, 1.54) is 25.3 Å². The van der Waals surface area contributed by atoms with Crippen molar-refractivity contribution in [2.24, 2.45) is 0 Å². The Morgan fingerprint density at radius 1 is 1.23 bits per heavy atom. The van der Waals surface area contributed by atoms with E-state index in [0.29, 0.717) is 16.2 Å². The van der Waals surface area contributed by atoms with E-state index in [-0.39, 0.29) is 10.8 Å². The van der Waals surface area contributed by atoms with Gasteiger partial charge in [-0.3, -0.25) is 0 Å². The molecule has 138 valence electrons. The van der Waals surface area contributed by atoms with Crippen LogP contribution in [0.25, 0.3) is 11.2 Å². The second-order valence-corrected chi connectivity index (χ2v) is 10.1. The summed E-state index contributed by atoms with van der Waals surface area (Å²) in [7, 11) is -3.61. The average Bonchev–Trinajstić information content (AvgIpc) is 3.24. The third kappa shape index (κ3) is 3.51. The fraction of sp³-hybridized carbons (Fsp3) is 0.412. The summed E-state index contributed by atoms with van der Waals surface area (Å²) in [6.45, 7) is 0.130. The number of nitrogens with zero attached hydrogens (tertiary/aromatic N) is 3. The van der Waals surface area contributed by atoms with Crippen LogP contribution in [0.3, 0.4) is 0 Å². The van der Waals surface area contributed by atoms with E-state index >= 15 is 0 Å². The van der Waals surface area contributed by atoms with Crippen molar-refractivity contribution in [3.63, 3.8) is 0 Å². The van der Waals surface area contributed by atoms with Crippen molar-refractivity contribution in [3.05, 3.63) is 40.6 Å². The third-order valence-corrected chi connectivity index (χ3v) is 7.82. The maximum Gasteiger partial charge on any atom is 0.250 e. The molecule has 0 spiro atoms. The number of fused-ring (bicyclic) bond motifs is 1. The van der Waals surface area contributed by atoms with E-state index in [4.69, 9.17) is 11.6 Å². The van der Waals surface area contributed by atoms with Gasteiger partial charge < -0.3 is 4.57 Å². The minimum Gasteiger partial charge on any atom is -0.308 e. The first-order valence-corrected chi connectivity index (χ1v) is 11.3. The maximum atomic E-state index is 12.5. The molecule has 1 N–H and O–H groups in total. The summed E-state index contributed by atoms with van der Waals surface area (Å²) in [5, 5.41) is 0. The molecule has 0 saturated heterocycles. The van der Waals surface area contributed by atoms with Crippen molar-refractivity contribution in [1.82, 2.24) is 19.3 Å². The molecule has 1 aliphatic carbocycles. The van der Waals surface area contributed by atoms with Crippen molar-refractivity contribution in [3.8, 4) is 0 Å². The summed E-state index contributed by atoms with van der Waals surface area (Å²) >= 11 is 6.91.